The van der Waals surface area contributed by atoms with Gasteiger partial charge in [-0.05, 0) is 25.0 Å². The number of carbonyl (C=O) groups is 1. The van der Waals surface area contributed by atoms with Crippen LogP contribution >= 0.6 is 0 Å². The molecule has 1 aromatic carbocycles. The molecule has 1 fully saturated rings. The van der Waals surface area contributed by atoms with E-state index < -0.39 is 6.43 Å². The van der Waals surface area contributed by atoms with Crippen molar-refractivity contribution in [3.63, 3.8) is 0 Å². The second-order valence-electron chi connectivity index (χ2n) is 3.93. The van der Waals surface area contributed by atoms with Gasteiger partial charge in [-0.25, -0.2) is 8.78 Å². The van der Waals surface area contributed by atoms with Crippen LogP contribution in [0.4, 0.5) is 8.78 Å². The Labute approximate surface area is 92.9 Å². The zero-order chi connectivity index (χ0) is 11.5. The van der Waals surface area contributed by atoms with Gasteiger partial charge in [0.15, 0.2) is 0 Å². The lowest BCUT2D eigenvalue weighted by atomic mass is 10.1. The number of likely N-dealkylation sites (tertiary alicyclic amines) is 1. The summed E-state index contributed by atoms with van der Waals surface area (Å²) in [6.07, 6.45) is -0.521. The quantitative estimate of drug-likeness (QED) is 0.757. The van der Waals surface area contributed by atoms with Crippen LogP contribution < -0.4 is 0 Å². The minimum Gasteiger partial charge on any atom is -0.339 e. The number of benzene rings is 1. The number of alkyl halides is 2. The summed E-state index contributed by atoms with van der Waals surface area (Å²) < 4.78 is 24.9. The van der Waals surface area contributed by atoms with E-state index in [0.717, 1.165) is 25.9 Å². The van der Waals surface area contributed by atoms with Gasteiger partial charge in [0, 0.05) is 24.2 Å². The molecule has 0 N–H and O–H groups in total. The summed E-state index contributed by atoms with van der Waals surface area (Å²) in [5.74, 6) is -0.139. The number of halogens is 2. The molecule has 2 rings (SSSR count). The Morgan fingerprint density at radius 2 is 1.94 bits per heavy atom. The topological polar surface area (TPSA) is 20.3 Å². The van der Waals surface area contributed by atoms with E-state index in [9.17, 15) is 13.6 Å². The van der Waals surface area contributed by atoms with E-state index in [2.05, 4.69) is 0 Å². The van der Waals surface area contributed by atoms with Gasteiger partial charge in [-0.15, -0.1) is 0 Å². The van der Waals surface area contributed by atoms with Crippen LogP contribution in [0.2, 0.25) is 0 Å². The third-order valence-electron chi connectivity index (χ3n) is 2.78. The molecule has 1 amide bonds. The highest BCUT2D eigenvalue weighted by Gasteiger charge is 2.20. The van der Waals surface area contributed by atoms with Gasteiger partial charge in [0.2, 0.25) is 0 Å². The summed E-state index contributed by atoms with van der Waals surface area (Å²) in [5, 5.41) is 0. The molecule has 86 valence electrons. The van der Waals surface area contributed by atoms with Crippen LogP contribution in [0, 0.1) is 0 Å². The lowest BCUT2D eigenvalue weighted by Crippen LogP contribution is -2.27. The van der Waals surface area contributed by atoms with Crippen molar-refractivity contribution in [1.82, 2.24) is 4.90 Å². The fraction of sp³-hybridized carbons (Fsp3) is 0.417. The van der Waals surface area contributed by atoms with Crippen molar-refractivity contribution in [2.75, 3.05) is 13.1 Å². The highest BCUT2D eigenvalue weighted by atomic mass is 19.3. The first-order valence-electron chi connectivity index (χ1n) is 5.36. The Balaban J connectivity index is 2.19. The van der Waals surface area contributed by atoms with Crippen LogP contribution in [0.5, 0.6) is 0 Å². The van der Waals surface area contributed by atoms with E-state index in [1.54, 1.807) is 11.0 Å². The van der Waals surface area contributed by atoms with Gasteiger partial charge >= 0.3 is 0 Å². The molecule has 0 aliphatic carbocycles. The molecule has 0 radical (unpaired) electrons. The van der Waals surface area contributed by atoms with Crippen molar-refractivity contribution >= 4 is 5.91 Å². The first-order chi connectivity index (χ1) is 7.68. The number of hydrogen-bond donors (Lipinski definition) is 0. The number of amides is 1. The van der Waals surface area contributed by atoms with E-state index in [-0.39, 0.29) is 11.5 Å². The van der Waals surface area contributed by atoms with Crippen LogP contribution in [0.15, 0.2) is 24.3 Å². The molecule has 1 aromatic rings. The summed E-state index contributed by atoms with van der Waals surface area (Å²) in [5.41, 5.74) is 0.268. The van der Waals surface area contributed by atoms with Crippen molar-refractivity contribution in [2.45, 2.75) is 19.3 Å². The lowest BCUT2D eigenvalue weighted by molar-refractivity contribution is 0.0792. The minimum atomic E-state index is -2.52. The van der Waals surface area contributed by atoms with Crippen LogP contribution in [0.1, 0.15) is 35.2 Å². The van der Waals surface area contributed by atoms with Crippen LogP contribution in [0.3, 0.4) is 0 Å². The van der Waals surface area contributed by atoms with Crippen LogP contribution in [-0.2, 0) is 0 Å². The lowest BCUT2D eigenvalue weighted by Gasteiger charge is -2.15. The van der Waals surface area contributed by atoms with Gasteiger partial charge in [0.05, 0.1) is 0 Å². The van der Waals surface area contributed by atoms with Gasteiger partial charge in [0.1, 0.15) is 0 Å². The van der Waals surface area contributed by atoms with Crippen molar-refractivity contribution in [1.29, 1.82) is 0 Å². The second kappa shape index (κ2) is 4.60. The second-order valence-corrected chi connectivity index (χ2v) is 3.93. The molecule has 0 atom stereocenters. The maximum atomic E-state index is 12.5. The standard InChI is InChI=1S/C12H13F2NO/c13-11(14)9-4-3-5-10(8-9)12(16)15-6-1-2-7-15/h3-5,8,11H,1-2,6-7H2. The van der Waals surface area contributed by atoms with Crippen LogP contribution in [-0.4, -0.2) is 23.9 Å². The zero-order valence-corrected chi connectivity index (χ0v) is 8.83. The van der Waals surface area contributed by atoms with Gasteiger partial charge in [-0.2, -0.15) is 0 Å². The van der Waals surface area contributed by atoms with Gasteiger partial charge in [-0.1, -0.05) is 12.1 Å². The monoisotopic (exact) mass is 225 g/mol. The largest absolute Gasteiger partial charge is 0.339 e. The molecule has 1 aliphatic rings. The summed E-state index contributed by atoms with van der Waals surface area (Å²) in [4.78, 5) is 13.6. The molecule has 0 aromatic heterocycles. The smallest absolute Gasteiger partial charge is 0.263 e. The average Bonchev–Trinajstić information content (AvgIpc) is 2.81. The molecule has 1 saturated heterocycles. The van der Waals surface area contributed by atoms with E-state index in [4.69, 9.17) is 0 Å². The molecule has 0 spiro atoms. The Morgan fingerprint density at radius 3 is 2.56 bits per heavy atom. The molecule has 16 heavy (non-hydrogen) atoms. The van der Waals surface area contributed by atoms with Crippen molar-refractivity contribution in [3.05, 3.63) is 35.4 Å². The van der Waals surface area contributed by atoms with Gasteiger partial charge < -0.3 is 4.90 Å². The average molecular weight is 225 g/mol. The Kier molecular flexibility index (Phi) is 3.17. The normalized spacial score (nSPS) is 15.8. The van der Waals surface area contributed by atoms with E-state index in [0.29, 0.717) is 5.56 Å². The third-order valence-corrected chi connectivity index (χ3v) is 2.78. The molecular formula is C12H13F2NO. The summed E-state index contributed by atoms with van der Waals surface area (Å²) >= 11 is 0. The summed E-state index contributed by atoms with van der Waals surface area (Å²) in [6, 6.07) is 5.72. The predicted molar refractivity (Wildman–Crippen MR) is 56.5 cm³/mol. The zero-order valence-electron chi connectivity index (χ0n) is 8.83. The first kappa shape index (κ1) is 11.0. The third kappa shape index (κ3) is 2.21. The molecule has 0 saturated carbocycles. The van der Waals surface area contributed by atoms with Gasteiger partial charge in [0.25, 0.3) is 12.3 Å². The fourth-order valence-corrected chi connectivity index (χ4v) is 1.91. The van der Waals surface area contributed by atoms with Gasteiger partial charge in [-0.3, -0.25) is 4.79 Å². The minimum absolute atomic E-state index is 0.0925. The molecule has 4 heteroatoms. The first-order valence-corrected chi connectivity index (χ1v) is 5.36. The van der Waals surface area contributed by atoms with Crippen molar-refractivity contribution in [3.8, 4) is 0 Å². The van der Waals surface area contributed by atoms with Crippen molar-refractivity contribution in [2.24, 2.45) is 0 Å². The maximum absolute atomic E-state index is 12.5. The Hall–Kier alpha value is -1.45. The number of carbonyl (C=O) groups excluding carboxylic acids is 1. The van der Waals surface area contributed by atoms with Crippen molar-refractivity contribution < 1.29 is 13.6 Å². The maximum Gasteiger partial charge on any atom is 0.263 e. The molecule has 2 nitrogen and oxygen atoms in total. The van der Waals surface area contributed by atoms with E-state index >= 15 is 0 Å². The summed E-state index contributed by atoms with van der Waals surface area (Å²) in [6.45, 7) is 1.47. The molecule has 1 aliphatic heterocycles. The number of nitrogens with zero attached hydrogens (tertiary/aromatic N) is 1. The number of rotatable bonds is 2. The highest BCUT2D eigenvalue weighted by Crippen LogP contribution is 2.21. The predicted octanol–water partition coefficient (Wildman–Crippen LogP) is 2.86. The highest BCUT2D eigenvalue weighted by molar-refractivity contribution is 5.94. The molecule has 0 unspecified atom stereocenters. The summed E-state index contributed by atoms with van der Waals surface area (Å²) in [7, 11) is 0. The Bertz CT molecular complexity index is 386. The Morgan fingerprint density at radius 1 is 1.25 bits per heavy atom. The van der Waals surface area contributed by atoms with Crippen LogP contribution in [0.25, 0.3) is 0 Å². The molecule has 0 bridgehead atoms. The fourth-order valence-electron chi connectivity index (χ4n) is 1.91. The SMILES string of the molecule is O=C(c1cccc(C(F)F)c1)N1CCCC1. The molecule has 1 heterocycles. The number of hydrogen-bond acceptors (Lipinski definition) is 1. The van der Waals surface area contributed by atoms with E-state index in [1.165, 1.54) is 18.2 Å². The molecular weight excluding hydrogens is 212 g/mol. The van der Waals surface area contributed by atoms with E-state index in [1.807, 2.05) is 0 Å².